The van der Waals surface area contributed by atoms with Crippen LogP contribution in [0.2, 0.25) is 0 Å². The number of fused-ring (bicyclic) bond motifs is 1. The monoisotopic (exact) mass is 280 g/mol. The highest BCUT2D eigenvalue weighted by molar-refractivity contribution is 7.16. The van der Waals surface area contributed by atoms with Crippen molar-refractivity contribution in [3.05, 3.63) is 65.7 Å². The van der Waals surface area contributed by atoms with Gasteiger partial charge in [-0.3, -0.25) is 4.79 Å². The number of thiazole rings is 1. The Hall–Kier alpha value is -2.46. The summed E-state index contributed by atoms with van der Waals surface area (Å²) in [5, 5.41) is 2.83. The third kappa shape index (κ3) is 2.92. The third-order valence-corrected chi connectivity index (χ3v) is 3.63. The molecule has 1 heterocycles. The molecule has 0 spiro atoms. The number of benzene rings is 2. The van der Waals surface area contributed by atoms with Crippen molar-refractivity contribution in [3.63, 3.8) is 0 Å². The number of carbonyl (C=O) groups excluding carboxylic acids is 1. The molecule has 0 atom stereocenters. The van der Waals surface area contributed by atoms with Gasteiger partial charge in [-0.15, -0.1) is 11.3 Å². The van der Waals surface area contributed by atoms with E-state index in [-0.39, 0.29) is 5.91 Å². The molecule has 0 saturated heterocycles. The van der Waals surface area contributed by atoms with Crippen molar-refractivity contribution in [2.75, 3.05) is 5.32 Å². The first-order chi connectivity index (χ1) is 9.81. The Balaban J connectivity index is 1.70. The molecule has 20 heavy (non-hydrogen) atoms. The van der Waals surface area contributed by atoms with Crippen molar-refractivity contribution in [3.8, 4) is 0 Å². The highest BCUT2D eigenvalue weighted by Crippen LogP contribution is 2.21. The lowest BCUT2D eigenvalue weighted by Gasteiger charge is -2.01. The minimum absolute atomic E-state index is 0.150. The molecule has 1 amide bonds. The van der Waals surface area contributed by atoms with Crippen LogP contribution in [0.15, 0.2) is 60.1 Å². The molecule has 0 aliphatic rings. The van der Waals surface area contributed by atoms with Crippen LogP contribution in [0.1, 0.15) is 5.56 Å². The molecule has 0 unspecified atom stereocenters. The summed E-state index contributed by atoms with van der Waals surface area (Å²) in [7, 11) is 0. The zero-order valence-corrected chi connectivity index (χ0v) is 11.4. The summed E-state index contributed by atoms with van der Waals surface area (Å²) in [6.45, 7) is 0. The molecule has 3 nitrogen and oxygen atoms in total. The molecule has 98 valence electrons. The van der Waals surface area contributed by atoms with Crippen LogP contribution < -0.4 is 5.32 Å². The van der Waals surface area contributed by atoms with Gasteiger partial charge in [-0.25, -0.2) is 4.98 Å². The first-order valence-corrected chi connectivity index (χ1v) is 7.06. The maximum absolute atomic E-state index is 11.8. The van der Waals surface area contributed by atoms with Gasteiger partial charge in [0.15, 0.2) is 0 Å². The average molecular weight is 280 g/mol. The van der Waals surface area contributed by atoms with Crippen LogP contribution in [0, 0.1) is 0 Å². The Morgan fingerprint density at radius 1 is 1.15 bits per heavy atom. The van der Waals surface area contributed by atoms with E-state index in [0.29, 0.717) is 0 Å². The quantitative estimate of drug-likeness (QED) is 0.738. The molecule has 4 heteroatoms. The van der Waals surface area contributed by atoms with E-state index in [0.717, 1.165) is 21.5 Å². The van der Waals surface area contributed by atoms with Gasteiger partial charge in [-0.2, -0.15) is 0 Å². The molecule has 0 aliphatic carbocycles. The first-order valence-electron chi connectivity index (χ1n) is 6.19. The van der Waals surface area contributed by atoms with Crippen molar-refractivity contribution in [2.24, 2.45) is 0 Å². The summed E-state index contributed by atoms with van der Waals surface area (Å²) in [5.41, 5.74) is 4.45. The van der Waals surface area contributed by atoms with Crippen LogP contribution in [-0.4, -0.2) is 10.9 Å². The van der Waals surface area contributed by atoms with E-state index >= 15 is 0 Å². The minimum atomic E-state index is -0.150. The van der Waals surface area contributed by atoms with Crippen LogP contribution in [0.5, 0.6) is 0 Å². The summed E-state index contributed by atoms with van der Waals surface area (Å²) in [5.74, 6) is -0.150. The van der Waals surface area contributed by atoms with Crippen LogP contribution >= 0.6 is 11.3 Å². The van der Waals surface area contributed by atoms with Crippen molar-refractivity contribution >= 4 is 39.2 Å². The van der Waals surface area contributed by atoms with E-state index in [1.165, 1.54) is 6.08 Å². The number of nitrogens with zero attached hydrogens (tertiary/aromatic N) is 1. The summed E-state index contributed by atoms with van der Waals surface area (Å²) in [6, 6.07) is 15.4. The van der Waals surface area contributed by atoms with Crippen molar-refractivity contribution < 1.29 is 4.79 Å². The number of carbonyl (C=O) groups is 1. The molecule has 3 rings (SSSR count). The lowest BCUT2D eigenvalue weighted by atomic mass is 10.2. The second-order valence-corrected chi connectivity index (χ2v) is 5.15. The summed E-state index contributed by atoms with van der Waals surface area (Å²) < 4.78 is 1.11. The number of amides is 1. The number of hydrogen-bond acceptors (Lipinski definition) is 3. The summed E-state index contributed by atoms with van der Waals surface area (Å²) in [4.78, 5) is 16.1. The number of anilines is 1. The largest absolute Gasteiger partial charge is 0.322 e. The Bertz CT molecular complexity index is 762. The van der Waals surface area contributed by atoms with Gasteiger partial charge in [0.2, 0.25) is 5.91 Å². The lowest BCUT2D eigenvalue weighted by molar-refractivity contribution is -0.111. The highest BCUT2D eigenvalue weighted by atomic mass is 32.1. The van der Waals surface area contributed by atoms with Crippen LogP contribution in [0.25, 0.3) is 16.3 Å². The molecule has 1 aromatic heterocycles. The van der Waals surface area contributed by atoms with Crippen molar-refractivity contribution in [2.45, 2.75) is 0 Å². The molecule has 0 saturated carbocycles. The van der Waals surface area contributed by atoms with Gasteiger partial charge in [-0.1, -0.05) is 30.3 Å². The lowest BCUT2D eigenvalue weighted by Crippen LogP contribution is -2.07. The second kappa shape index (κ2) is 5.67. The zero-order valence-electron chi connectivity index (χ0n) is 10.6. The maximum atomic E-state index is 11.8. The molecular formula is C16H12N2OS. The fourth-order valence-corrected chi connectivity index (χ4v) is 2.51. The fraction of sp³-hybridized carbons (Fsp3) is 0. The predicted octanol–water partition coefficient (Wildman–Crippen LogP) is 3.95. The number of aromatic nitrogens is 1. The van der Waals surface area contributed by atoms with Gasteiger partial charge in [0.05, 0.1) is 15.7 Å². The van der Waals surface area contributed by atoms with E-state index < -0.39 is 0 Å². The molecular weight excluding hydrogens is 268 g/mol. The highest BCUT2D eigenvalue weighted by Gasteiger charge is 2.01. The number of nitrogens with one attached hydrogen (secondary N) is 1. The van der Waals surface area contributed by atoms with Crippen molar-refractivity contribution in [1.82, 2.24) is 4.98 Å². The van der Waals surface area contributed by atoms with Gasteiger partial charge in [0, 0.05) is 11.8 Å². The molecule has 0 aliphatic heterocycles. The molecule has 0 fully saturated rings. The standard InChI is InChI=1S/C16H12N2OS/c19-16(9-6-12-4-2-1-3-5-12)18-13-7-8-15-14(10-13)17-11-20-15/h1-11H,(H,18,19)/b9-6+. The van der Waals surface area contributed by atoms with E-state index in [1.54, 1.807) is 22.9 Å². The normalized spacial score (nSPS) is 11.0. The van der Waals surface area contributed by atoms with E-state index in [1.807, 2.05) is 48.5 Å². The van der Waals surface area contributed by atoms with E-state index in [2.05, 4.69) is 10.3 Å². The molecule has 3 aromatic rings. The van der Waals surface area contributed by atoms with Crippen LogP contribution in [0.3, 0.4) is 0 Å². The van der Waals surface area contributed by atoms with Crippen LogP contribution in [0.4, 0.5) is 5.69 Å². The number of hydrogen-bond donors (Lipinski definition) is 1. The second-order valence-electron chi connectivity index (χ2n) is 4.27. The Morgan fingerprint density at radius 3 is 2.85 bits per heavy atom. The predicted molar refractivity (Wildman–Crippen MR) is 83.7 cm³/mol. The number of rotatable bonds is 3. The molecule has 0 bridgehead atoms. The van der Waals surface area contributed by atoms with Crippen LogP contribution in [-0.2, 0) is 4.79 Å². The van der Waals surface area contributed by atoms with Crippen molar-refractivity contribution in [1.29, 1.82) is 0 Å². The molecule has 1 N–H and O–H groups in total. The maximum Gasteiger partial charge on any atom is 0.248 e. The average Bonchev–Trinajstić information content (AvgIpc) is 2.94. The van der Waals surface area contributed by atoms with Gasteiger partial charge < -0.3 is 5.32 Å². The van der Waals surface area contributed by atoms with Gasteiger partial charge in [0.1, 0.15) is 0 Å². The van der Waals surface area contributed by atoms with E-state index in [9.17, 15) is 4.79 Å². The molecule has 2 aromatic carbocycles. The van der Waals surface area contributed by atoms with Gasteiger partial charge in [0.25, 0.3) is 0 Å². The smallest absolute Gasteiger partial charge is 0.248 e. The fourth-order valence-electron chi connectivity index (χ4n) is 1.86. The van der Waals surface area contributed by atoms with Gasteiger partial charge >= 0.3 is 0 Å². The first kappa shape index (κ1) is 12.6. The van der Waals surface area contributed by atoms with E-state index in [4.69, 9.17) is 0 Å². The summed E-state index contributed by atoms with van der Waals surface area (Å²) >= 11 is 1.58. The Morgan fingerprint density at radius 2 is 2.00 bits per heavy atom. The zero-order chi connectivity index (χ0) is 13.8. The third-order valence-electron chi connectivity index (χ3n) is 2.82. The topological polar surface area (TPSA) is 42.0 Å². The Labute approximate surface area is 120 Å². The van der Waals surface area contributed by atoms with Gasteiger partial charge in [-0.05, 0) is 29.8 Å². The SMILES string of the molecule is O=C(/C=C/c1ccccc1)Nc1ccc2scnc2c1. The summed E-state index contributed by atoms with van der Waals surface area (Å²) in [6.07, 6.45) is 3.32. The Kier molecular flexibility index (Phi) is 3.56. The minimum Gasteiger partial charge on any atom is -0.322 e. The molecule has 0 radical (unpaired) electrons.